The van der Waals surface area contributed by atoms with Crippen LogP contribution in [-0.2, 0) is 23.7 Å². The fraction of sp³-hybridized carbons (Fsp3) is 0.929. The zero-order chi connectivity index (χ0) is 26.2. The van der Waals surface area contributed by atoms with E-state index in [2.05, 4.69) is 33.0 Å². The lowest BCUT2D eigenvalue weighted by atomic mass is 9.85. The first kappa shape index (κ1) is 33.7. The average molecular weight is 502 g/mol. The van der Waals surface area contributed by atoms with Gasteiger partial charge in [0.1, 0.15) is 0 Å². The molecule has 35 heavy (non-hydrogen) atoms. The van der Waals surface area contributed by atoms with Crippen molar-refractivity contribution in [2.75, 3.05) is 46.7 Å². The largest absolute Gasteiger partial charge is 0.466 e. The van der Waals surface area contributed by atoms with E-state index in [1.807, 2.05) is 0 Å². The van der Waals surface area contributed by atoms with Crippen molar-refractivity contribution >= 4 is 12.1 Å². The molecule has 0 rings (SSSR count). The summed E-state index contributed by atoms with van der Waals surface area (Å²) >= 11 is 0. The molecule has 0 aromatic carbocycles. The number of rotatable bonds is 24. The van der Waals surface area contributed by atoms with Crippen LogP contribution in [0.5, 0.6) is 0 Å². The molecule has 0 saturated carbocycles. The zero-order valence-electron chi connectivity index (χ0n) is 23.4. The molecule has 0 aromatic heterocycles. The van der Waals surface area contributed by atoms with Crippen LogP contribution < -0.4 is 5.32 Å². The monoisotopic (exact) mass is 501 g/mol. The molecule has 0 radical (unpaired) electrons. The molecular weight excluding hydrogens is 446 g/mol. The lowest BCUT2D eigenvalue weighted by molar-refractivity contribution is -0.144. The minimum Gasteiger partial charge on any atom is -0.466 e. The molecule has 208 valence electrons. The van der Waals surface area contributed by atoms with Gasteiger partial charge in [0.15, 0.2) is 0 Å². The van der Waals surface area contributed by atoms with Crippen molar-refractivity contribution in [1.29, 1.82) is 0 Å². The molecule has 0 bridgehead atoms. The molecule has 0 aromatic rings. The number of esters is 1. The number of nitrogens with one attached hydrogen (secondary N) is 1. The summed E-state index contributed by atoms with van der Waals surface area (Å²) in [4.78, 5) is 23.5. The smallest absolute Gasteiger partial charge is 0.407 e. The van der Waals surface area contributed by atoms with Gasteiger partial charge in [-0.25, -0.2) is 4.79 Å². The Kier molecular flexibility index (Phi) is 23.4. The van der Waals surface area contributed by atoms with Gasteiger partial charge in [0.05, 0.1) is 33.0 Å². The van der Waals surface area contributed by atoms with Crippen LogP contribution in [0.4, 0.5) is 4.79 Å². The number of ether oxygens (including phenoxy) is 4. The number of hydrogen-bond acceptors (Lipinski definition) is 6. The van der Waals surface area contributed by atoms with Gasteiger partial charge in [-0.15, -0.1) is 0 Å². The summed E-state index contributed by atoms with van der Waals surface area (Å²) in [6.07, 6.45) is 12.1. The van der Waals surface area contributed by atoms with Gasteiger partial charge in [-0.3, -0.25) is 4.79 Å². The predicted molar refractivity (Wildman–Crippen MR) is 142 cm³/mol. The molecule has 1 unspecified atom stereocenters. The molecule has 0 fully saturated rings. The van der Waals surface area contributed by atoms with Crippen molar-refractivity contribution in [1.82, 2.24) is 5.32 Å². The van der Waals surface area contributed by atoms with Crippen molar-refractivity contribution in [3.8, 4) is 0 Å². The molecule has 0 aliphatic heterocycles. The van der Waals surface area contributed by atoms with E-state index < -0.39 is 6.09 Å². The van der Waals surface area contributed by atoms with E-state index in [1.54, 1.807) is 7.11 Å². The maximum Gasteiger partial charge on any atom is 0.407 e. The van der Waals surface area contributed by atoms with E-state index >= 15 is 0 Å². The third kappa shape index (κ3) is 24.1. The molecule has 1 atom stereocenters. The molecule has 0 aliphatic carbocycles. The third-order valence-electron chi connectivity index (χ3n) is 6.25. The predicted octanol–water partition coefficient (Wildman–Crippen LogP) is 6.53. The van der Waals surface area contributed by atoms with Gasteiger partial charge in [0.2, 0.25) is 0 Å². The molecule has 7 heteroatoms. The quantitative estimate of drug-likeness (QED) is 0.120. The molecule has 7 nitrogen and oxygen atoms in total. The summed E-state index contributed by atoms with van der Waals surface area (Å²) in [5, 5.41) is 2.66. The molecule has 0 saturated heterocycles. The van der Waals surface area contributed by atoms with E-state index in [4.69, 9.17) is 18.9 Å². The highest BCUT2D eigenvalue weighted by molar-refractivity contribution is 5.69. The van der Waals surface area contributed by atoms with Crippen LogP contribution in [-0.4, -0.2) is 58.8 Å². The van der Waals surface area contributed by atoms with E-state index in [0.717, 1.165) is 69.6 Å². The topological polar surface area (TPSA) is 83.1 Å². The van der Waals surface area contributed by atoms with Crippen LogP contribution in [0.25, 0.3) is 0 Å². The number of alkyl carbamates (subject to hydrolysis) is 1. The number of amides is 1. The van der Waals surface area contributed by atoms with Gasteiger partial charge in [-0.05, 0) is 49.9 Å². The Morgan fingerprint density at radius 1 is 0.686 bits per heavy atom. The standard InChI is InChI=1S/C28H55NO6/c1-24(2)16-17-26(25(3)4)14-13-20-34-27(30)15-11-9-7-6-8-10-12-19-35-28(31)29-18-21-33-23-22-32-5/h24-26H,6-23H2,1-5H3,(H,29,31). The van der Waals surface area contributed by atoms with Crippen LogP contribution in [0.2, 0.25) is 0 Å². The van der Waals surface area contributed by atoms with Crippen molar-refractivity contribution in [3.05, 3.63) is 0 Å². The first-order valence-electron chi connectivity index (χ1n) is 14.0. The second kappa shape index (κ2) is 24.4. The maximum atomic E-state index is 11.9. The third-order valence-corrected chi connectivity index (χ3v) is 6.25. The highest BCUT2D eigenvalue weighted by Crippen LogP contribution is 2.24. The summed E-state index contributed by atoms with van der Waals surface area (Å²) in [5.41, 5.74) is 0. The molecule has 1 amide bonds. The second-order valence-corrected chi connectivity index (χ2v) is 10.2. The van der Waals surface area contributed by atoms with Crippen LogP contribution in [0, 0.1) is 17.8 Å². The van der Waals surface area contributed by atoms with Crippen molar-refractivity contribution in [2.24, 2.45) is 17.8 Å². The Morgan fingerprint density at radius 2 is 1.34 bits per heavy atom. The Labute approximate surface area is 215 Å². The van der Waals surface area contributed by atoms with Gasteiger partial charge >= 0.3 is 12.1 Å². The highest BCUT2D eigenvalue weighted by Gasteiger charge is 2.14. The fourth-order valence-electron chi connectivity index (χ4n) is 3.90. The van der Waals surface area contributed by atoms with Gasteiger partial charge in [-0.2, -0.15) is 0 Å². The summed E-state index contributed by atoms with van der Waals surface area (Å²) in [5.74, 6) is 2.13. The van der Waals surface area contributed by atoms with E-state index in [-0.39, 0.29) is 5.97 Å². The second-order valence-electron chi connectivity index (χ2n) is 10.2. The first-order valence-corrected chi connectivity index (χ1v) is 14.0. The fourth-order valence-corrected chi connectivity index (χ4v) is 3.90. The first-order chi connectivity index (χ1) is 16.9. The maximum absolute atomic E-state index is 11.9. The number of carbonyl (C=O) groups is 2. The Bertz CT molecular complexity index is 498. The minimum absolute atomic E-state index is 0.0507. The van der Waals surface area contributed by atoms with E-state index in [0.29, 0.717) is 51.9 Å². The Balaban J connectivity index is 3.45. The molecule has 1 N–H and O–H groups in total. The summed E-state index contributed by atoms with van der Waals surface area (Å²) in [6, 6.07) is 0. The van der Waals surface area contributed by atoms with Crippen LogP contribution in [0.3, 0.4) is 0 Å². The van der Waals surface area contributed by atoms with Crippen LogP contribution in [0.1, 0.15) is 105 Å². The number of methoxy groups -OCH3 is 1. The van der Waals surface area contributed by atoms with E-state index in [1.165, 1.54) is 12.8 Å². The van der Waals surface area contributed by atoms with E-state index in [9.17, 15) is 9.59 Å². The summed E-state index contributed by atoms with van der Waals surface area (Å²) in [6.45, 7) is 12.1. The van der Waals surface area contributed by atoms with Crippen LogP contribution in [0.15, 0.2) is 0 Å². The van der Waals surface area contributed by atoms with Gasteiger partial charge < -0.3 is 24.3 Å². The lowest BCUT2D eigenvalue weighted by Gasteiger charge is -2.21. The molecule has 0 spiro atoms. The number of carbonyl (C=O) groups excluding carboxylic acids is 2. The lowest BCUT2D eigenvalue weighted by Crippen LogP contribution is -2.28. The highest BCUT2D eigenvalue weighted by atomic mass is 16.6. The Morgan fingerprint density at radius 3 is 2.00 bits per heavy atom. The Hall–Kier alpha value is -1.34. The number of unbranched alkanes of at least 4 members (excludes halogenated alkanes) is 6. The molecular formula is C28H55NO6. The number of hydrogen-bond donors (Lipinski definition) is 1. The SMILES string of the molecule is COCCOCCNC(=O)OCCCCCCCCCC(=O)OCCCC(CCC(C)C)C(C)C. The van der Waals surface area contributed by atoms with Crippen molar-refractivity contribution in [2.45, 2.75) is 105 Å². The molecule has 0 aliphatic rings. The van der Waals surface area contributed by atoms with Crippen molar-refractivity contribution in [3.63, 3.8) is 0 Å². The van der Waals surface area contributed by atoms with Gasteiger partial charge in [0.25, 0.3) is 0 Å². The van der Waals surface area contributed by atoms with Gasteiger partial charge in [-0.1, -0.05) is 66.2 Å². The van der Waals surface area contributed by atoms with Crippen molar-refractivity contribution < 1.29 is 28.5 Å². The van der Waals surface area contributed by atoms with Crippen LogP contribution >= 0.6 is 0 Å². The molecule has 0 heterocycles. The summed E-state index contributed by atoms with van der Waals surface area (Å²) in [7, 11) is 1.62. The average Bonchev–Trinajstić information content (AvgIpc) is 2.81. The minimum atomic E-state index is -0.391. The zero-order valence-corrected chi connectivity index (χ0v) is 23.4. The summed E-state index contributed by atoms with van der Waals surface area (Å²) < 4.78 is 20.7. The normalized spacial score (nSPS) is 12.2. The van der Waals surface area contributed by atoms with Gasteiger partial charge in [0, 0.05) is 20.1 Å².